The fraction of sp³-hybridized carbons (Fsp3) is 0.462. The first kappa shape index (κ1) is 13.9. The van der Waals surface area contributed by atoms with Crippen molar-refractivity contribution in [2.75, 3.05) is 4.72 Å². The summed E-state index contributed by atoms with van der Waals surface area (Å²) in [7, 11) is -3.37. The number of hydrogen-bond acceptors (Lipinski definition) is 3. The minimum absolute atomic E-state index is 0.139. The molecule has 0 unspecified atom stereocenters. The van der Waals surface area contributed by atoms with Gasteiger partial charge in [-0.15, -0.1) is 0 Å². The Balaban J connectivity index is 2.09. The lowest BCUT2D eigenvalue weighted by molar-refractivity contribution is 0.0697. The number of aromatic carboxylic acids is 1. The van der Waals surface area contributed by atoms with Crippen molar-refractivity contribution in [3.8, 4) is 0 Å². The van der Waals surface area contributed by atoms with Gasteiger partial charge in [0.2, 0.25) is 10.0 Å². The van der Waals surface area contributed by atoms with Crippen LogP contribution in [0.1, 0.15) is 42.5 Å². The van der Waals surface area contributed by atoms with Crippen LogP contribution in [0.2, 0.25) is 0 Å². The van der Waals surface area contributed by atoms with Crippen molar-refractivity contribution >= 4 is 21.7 Å². The van der Waals surface area contributed by atoms with Crippen LogP contribution in [0.25, 0.3) is 0 Å². The van der Waals surface area contributed by atoms with Gasteiger partial charge in [0.05, 0.1) is 10.8 Å². The standard InChI is InChI=1S/C13H17NO4S/c15-13(16)10-6-8-11(9-7-10)14-19(17,18)12-4-2-1-3-5-12/h6-9,12,14H,1-5H2,(H,15,16). The van der Waals surface area contributed by atoms with Crippen LogP contribution < -0.4 is 4.72 Å². The minimum Gasteiger partial charge on any atom is -0.478 e. The summed E-state index contributed by atoms with van der Waals surface area (Å²) in [5, 5.41) is 8.44. The monoisotopic (exact) mass is 283 g/mol. The maximum atomic E-state index is 12.1. The molecule has 0 amide bonds. The van der Waals surface area contributed by atoms with E-state index < -0.39 is 16.0 Å². The number of carboxylic acid groups (broad SMARTS) is 1. The lowest BCUT2D eigenvalue weighted by atomic mass is 10.0. The second-order valence-electron chi connectivity index (χ2n) is 4.79. The molecule has 0 spiro atoms. The maximum absolute atomic E-state index is 12.1. The average molecular weight is 283 g/mol. The third-order valence-corrected chi connectivity index (χ3v) is 5.25. The second-order valence-corrected chi connectivity index (χ2v) is 6.75. The smallest absolute Gasteiger partial charge is 0.335 e. The molecule has 19 heavy (non-hydrogen) atoms. The quantitative estimate of drug-likeness (QED) is 0.889. The van der Waals surface area contributed by atoms with Gasteiger partial charge in [-0.1, -0.05) is 19.3 Å². The Morgan fingerprint density at radius 2 is 1.68 bits per heavy atom. The predicted molar refractivity (Wildman–Crippen MR) is 72.8 cm³/mol. The Bertz CT molecular complexity index is 545. The summed E-state index contributed by atoms with van der Waals surface area (Å²) in [6.45, 7) is 0. The maximum Gasteiger partial charge on any atom is 0.335 e. The highest BCUT2D eigenvalue weighted by molar-refractivity contribution is 7.93. The molecule has 1 aliphatic rings. The van der Waals surface area contributed by atoms with Crippen LogP contribution in [0.3, 0.4) is 0 Å². The molecule has 0 radical (unpaired) electrons. The van der Waals surface area contributed by atoms with E-state index >= 15 is 0 Å². The number of carboxylic acids is 1. The lowest BCUT2D eigenvalue weighted by Gasteiger charge is -2.22. The first-order valence-electron chi connectivity index (χ1n) is 6.34. The Morgan fingerprint density at radius 3 is 2.21 bits per heavy atom. The number of sulfonamides is 1. The summed E-state index contributed by atoms with van der Waals surface area (Å²) in [5.41, 5.74) is 0.552. The van der Waals surface area contributed by atoms with Gasteiger partial charge in [-0.05, 0) is 37.1 Å². The lowest BCUT2D eigenvalue weighted by Crippen LogP contribution is -2.29. The summed E-state index contributed by atoms with van der Waals surface area (Å²) in [5.74, 6) is -1.03. The summed E-state index contributed by atoms with van der Waals surface area (Å²) < 4.78 is 26.8. The molecule has 6 heteroatoms. The zero-order valence-corrected chi connectivity index (χ0v) is 11.3. The van der Waals surface area contributed by atoms with Gasteiger partial charge in [-0.25, -0.2) is 13.2 Å². The molecule has 0 saturated heterocycles. The minimum atomic E-state index is -3.37. The first-order chi connectivity index (χ1) is 8.99. The fourth-order valence-electron chi connectivity index (χ4n) is 2.30. The van der Waals surface area contributed by atoms with Crippen LogP contribution in [0.15, 0.2) is 24.3 Å². The fourth-order valence-corrected chi connectivity index (χ4v) is 3.89. The number of anilines is 1. The molecule has 0 bridgehead atoms. The highest BCUT2D eigenvalue weighted by Crippen LogP contribution is 2.25. The van der Waals surface area contributed by atoms with E-state index in [0.29, 0.717) is 18.5 Å². The Labute approximate surface area is 112 Å². The first-order valence-corrected chi connectivity index (χ1v) is 7.89. The molecule has 1 fully saturated rings. The van der Waals surface area contributed by atoms with Crippen molar-refractivity contribution < 1.29 is 18.3 Å². The molecule has 1 saturated carbocycles. The molecule has 2 rings (SSSR count). The van der Waals surface area contributed by atoms with E-state index in [9.17, 15) is 13.2 Å². The van der Waals surface area contributed by atoms with E-state index in [-0.39, 0.29) is 10.8 Å². The molecular weight excluding hydrogens is 266 g/mol. The Kier molecular flexibility index (Phi) is 4.09. The highest BCUT2D eigenvalue weighted by atomic mass is 32.2. The molecule has 0 aromatic heterocycles. The normalized spacial score (nSPS) is 17.1. The number of benzene rings is 1. The van der Waals surface area contributed by atoms with E-state index in [0.717, 1.165) is 19.3 Å². The van der Waals surface area contributed by atoms with Gasteiger partial charge in [-0.3, -0.25) is 4.72 Å². The molecule has 0 aliphatic heterocycles. The summed E-state index contributed by atoms with van der Waals surface area (Å²) in [6.07, 6.45) is 4.39. The molecule has 2 N–H and O–H groups in total. The van der Waals surface area contributed by atoms with Crippen molar-refractivity contribution in [1.29, 1.82) is 0 Å². The van der Waals surface area contributed by atoms with E-state index in [4.69, 9.17) is 5.11 Å². The molecule has 5 nitrogen and oxygen atoms in total. The van der Waals surface area contributed by atoms with E-state index in [1.165, 1.54) is 24.3 Å². The van der Waals surface area contributed by atoms with Gasteiger partial charge >= 0.3 is 5.97 Å². The van der Waals surface area contributed by atoms with Crippen molar-refractivity contribution in [1.82, 2.24) is 0 Å². The van der Waals surface area contributed by atoms with E-state index in [2.05, 4.69) is 4.72 Å². The number of nitrogens with one attached hydrogen (secondary N) is 1. The van der Waals surface area contributed by atoms with Crippen LogP contribution >= 0.6 is 0 Å². The van der Waals surface area contributed by atoms with Gasteiger partial charge in [0.15, 0.2) is 0 Å². The third-order valence-electron chi connectivity index (χ3n) is 3.38. The number of carbonyl (C=O) groups is 1. The summed E-state index contributed by atoms with van der Waals surface area (Å²) >= 11 is 0. The summed E-state index contributed by atoms with van der Waals surface area (Å²) in [4.78, 5) is 10.7. The van der Waals surface area contributed by atoms with Gasteiger partial charge in [-0.2, -0.15) is 0 Å². The molecule has 1 aromatic rings. The number of hydrogen-bond donors (Lipinski definition) is 2. The molecule has 1 aliphatic carbocycles. The average Bonchev–Trinajstić information content (AvgIpc) is 2.40. The van der Waals surface area contributed by atoms with Crippen LogP contribution in [-0.2, 0) is 10.0 Å². The van der Waals surface area contributed by atoms with E-state index in [1.54, 1.807) is 0 Å². The van der Waals surface area contributed by atoms with Gasteiger partial charge in [0.25, 0.3) is 0 Å². The van der Waals surface area contributed by atoms with Gasteiger partial charge in [0.1, 0.15) is 0 Å². The largest absolute Gasteiger partial charge is 0.478 e. The topological polar surface area (TPSA) is 83.5 Å². The van der Waals surface area contributed by atoms with E-state index in [1.807, 2.05) is 0 Å². The second kappa shape index (κ2) is 5.61. The zero-order valence-electron chi connectivity index (χ0n) is 10.5. The number of rotatable bonds is 4. The predicted octanol–water partition coefficient (Wildman–Crippen LogP) is 2.46. The highest BCUT2D eigenvalue weighted by Gasteiger charge is 2.27. The molecule has 0 heterocycles. The molecule has 1 aromatic carbocycles. The Hall–Kier alpha value is -1.56. The van der Waals surface area contributed by atoms with Crippen LogP contribution in [0.5, 0.6) is 0 Å². The van der Waals surface area contributed by atoms with Crippen molar-refractivity contribution in [2.24, 2.45) is 0 Å². The SMILES string of the molecule is O=C(O)c1ccc(NS(=O)(=O)C2CCCCC2)cc1. The summed E-state index contributed by atoms with van der Waals surface area (Å²) in [6, 6.07) is 5.73. The molecular formula is C13H17NO4S. The van der Waals surface area contributed by atoms with Crippen LogP contribution in [0.4, 0.5) is 5.69 Å². The van der Waals surface area contributed by atoms with Crippen LogP contribution in [0, 0.1) is 0 Å². The van der Waals surface area contributed by atoms with Gasteiger partial charge in [0, 0.05) is 5.69 Å². The van der Waals surface area contributed by atoms with Crippen molar-refractivity contribution in [2.45, 2.75) is 37.4 Å². The Morgan fingerprint density at radius 1 is 1.11 bits per heavy atom. The van der Waals surface area contributed by atoms with Crippen molar-refractivity contribution in [3.05, 3.63) is 29.8 Å². The zero-order chi connectivity index (χ0) is 13.9. The molecule has 0 atom stereocenters. The molecule has 104 valence electrons. The third kappa shape index (κ3) is 3.47. The van der Waals surface area contributed by atoms with Crippen LogP contribution in [-0.4, -0.2) is 24.7 Å². The van der Waals surface area contributed by atoms with Crippen molar-refractivity contribution in [3.63, 3.8) is 0 Å². The van der Waals surface area contributed by atoms with Gasteiger partial charge < -0.3 is 5.11 Å².